The Kier molecular flexibility index (Phi) is 4.81. The van der Waals surface area contributed by atoms with Crippen LogP contribution < -0.4 is 10.1 Å². The van der Waals surface area contributed by atoms with Gasteiger partial charge in [-0.3, -0.25) is 0 Å². The standard InChI is InChI=1S/C14H23NO/c1-6-7-15-12(4)13-8-11(3)14(16-5)9-10(13)2/h8-9,12,15H,6-7H2,1-5H3. The van der Waals surface area contributed by atoms with Gasteiger partial charge in [0.25, 0.3) is 0 Å². The van der Waals surface area contributed by atoms with Crippen molar-refractivity contribution in [3.05, 3.63) is 28.8 Å². The fraction of sp³-hybridized carbons (Fsp3) is 0.571. The van der Waals surface area contributed by atoms with Gasteiger partial charge in [0.05, 0.1) is 7.11 Å². The molecule has 1 N–H and O–H groups in total. The Hall–Kier alpha value is -1.02. The molecular weight excluding hydrogens is 198 g/mol. The maximum absolute atomic E-state index is 5.32. The average Bonchev–Trinajstić information content (AvgIpc) is 2.28. The number of aryl methyl sites for hydroxylation is 2. The van der Waals surface area contributed by atoms with Crippen LogP contribution in [0.25, 0.3) is 0 Å². The van der Waals surface area contributed by atoms with Crippen molar-refractivity contribution in [2.45, 2.75) is 40.2 Å². The molecule has 0 aromatic heterocycles. The molecule has 0 radical (unpaired) electrons. The minimum Gasteiger partial charge on any atom is -0.496 e. The quantitative estimate of drug-likeness (QED) is 0.823. The average molecular weight is 221 g/mol. The van der Waals surface area contributed by atoms with Crippen LogP contribution in [0.3, 0.4) is 0 Å². The molecule has 0 heterocycles. The zero-order valence-electron chi connectivity index (χ0n) is 11.1. The maximum Gasteiger partial charge on any atom is 0.122 e. The molecule has 1 unspecified atom stereocenters. The molecule has 1 aromatic carbocycles. The van der Waals surface area contributed by atoms with Gasteiger partial charge in [0.1, 0.15) is 5.75 Å². The van der Waals surface area contributed by atoms with Gasteiger partial charge in [-0.05, 0) is 56.5 Å². The zero-order valence-corrected chi connectivity index (χ0v) is 11.1. The molecular formula is C14H23NO. The van der Waals surface area contributed by atoms with Crippen molar-refractivity contribution < 1.29 is 4.74 Å². The minimum atomic E-state index is 0.407. The molecule has 0 spiro atoms. The molecule has 2 heteroatoms. The van der Waals surface area contributed by atoms with Crippen LogP contribution in [0, 0.1) is 13.8 Å². The molecule has 0 saturated carbocycles. The van der Waals surface area contributed by atoms with E-state index in [9.17, 15) is 0 Å². The van der Waals surface area contributed by atoms with E-state index in [-0.39, 0.29) is 0 Å². The highest BCUT2D eigenvalue weighted by Crippen LogP contribution is 2.26. The maximum atomic E-state index is 5.32. The second kappa shape index (κ2) is 5.90. The Bertz CT molecular complexity index is 347. The van der Waals surface area contributed by atoms with E-state index in [1.165, 1.54) is 23.1 Å². The lowest BCUT2D eigenvalue weighted by atomic mass is 9.99. The van der Waals surface area contributed by atoms with Gasteiger partial charge in [-0.2, -0.15) is 0 Å². The van der Waals surface area contributed by atoms with Gasteiger partial charge in [-0.1, -0.05) is 13.0 Å². The van der Waals surface area contributed by atoms with Crippen molar-refractivity contribution in [1.29, 1.82) is 0 Å². The van der Waals surface area contributed by atoms with Crippen LogP contribution in [0.1, 0.15) is 43.0 Å². The van der Waals surface area contributed by atoms with Crippen molar-refractivity contribution in [1.82, 2.24) is 5.32 Å². The number of hydrogen-bond donors (Lipinski definition) is 1. The van der Waals surface area contributed by atoms with Gasteiger partial charge in [0.15, 0.2) is 0 Å². The monoisotopic (exact) mass is 221 g/mol. The predicted octanol–water partition coefficient (Wildman–Crippen LogP) is 3.37. The van der Waals surface area contributed by atoms with E-state index in [1.807, 2.05) is 0 Å². The summed E-state index contributed by atoms with van der Waals surface area (Å²) >= 11 is 0. The van der Waals surface area contributed by atoms with E-state index in [0.717, 1.165) is 12.3 Å². The van der Waals surface area contributed by atoms with Crippen LogP contribution in [-0.2, 0) is 0 Å². The van der Waals surface area contributed by atoms with Crippen LogP contribution in [0.2, 0.25) is 0 Å². The summed E-state index contributed by atoms with van der Waals surface area (Å²) in [5.41, 5.74) is 3.86. The first-order valence-electron chi connectivity index (χ1n) is 5.98. The van der Waals surface area contributed by atoms with Crippen molar-refractivity contribution in [3.63, 3.8) is 0 Å². The molecule has 0 aliphatic carbocycles. The van der Waals surface area contributed by atoms with E-state index in [0.29, 0.717) is 6.04 Å². The first-order chi connectivity index (χ1) is 7.60. The largest absolute Gasteiger partial charge is 0.496 e. The molecule has 0 aliphatic heterocycles. The Morgan fingerprint density at radius 3 is 2.50 bits per heavy atom. The highest BCUT2D eigenvalue weighted by molar-refractivity contribution is 5.42. The van der Waals surface area contributed by atoms with E-state index in [4.69, 9.17) is 4.74 Å². The molecule has 90 valence electrons. The van der Waals surface area contributed by atoms with Gasteiger partial charge in [0, 0.05) is 6.04 Å². The molecule has 1 rings (SSSR count). The van der Waals surface area contributed by atoms with E-state index in [1.54, 1.807) is 7.11 Å². The number of hydrogen-bond acceptors (Lipinski definition) is 2. The van der Waals surface area contributed by atoms with Crippen LogP contribution in [-0.4, -0.2) is 13.7 Å². The molecule has 0 aliphatic rings. The third-order valence-electron chi connectivity index (χ3n) is 2.95. The highest BCUT2D eigenvalue weighted by atomic mass is 16.5. The van der Waals surface area contributed by atoms with Gasteiger partial charge < -0.3 is 10.1 Å². The topological polar surface area (TPSA) is 21.3 Å². The summed E-state index contributed by atoms with van der Waals surface area (Å²) in [6, 6.07) is 4.75. The lowest BCUT2D eigenvalue weighted by molar-refractivity contribution is 0.411. The summed E-state index contributed by atoms with van der Waals surface area (Å²) in [5, 5.41) is 3.51. The van der Waals surface area contributed by atoms with Gasteiger partial charge in [0.2, 0.25) is 0 Å². The van der Waals surface area contributed by atoms with Crippen LogP contribution >= 0.6 is 0 Å². The zero-order chi connectivity index (χ0) is 12.1. The number of nitrogens with one attached hydrogen (secondary N) is 1. The first kappa shape index (κ1) is 13.0. The van der Waals surface area contributed by atoms with E-state index >= 15 is 0 Å². The summed E-state index contributed by atoms with van der Waals surface area (Å²) in [7, 11) is 1.72. The molecule has 16 heavy (non-hydrogen) atoms. The second-order valence-corrected chi connectivity index (χ2v) is 4.35. The highest BCUT2D eigenvalue weighted by Gasteiger charge is 2.10. The lowest BCUT2D eigenvalue weighted by Crippen LogP contribution is -2.20. The van der Waals surface area contributed by atoms with Crippen LogP contribution in [0.5, 0.6) is 5.75 Å². The van der Waals surface area contributed by atoms with Crippen molar-refractivity contribution >= 4 is 0 Å². The summed E-state index contributed by atoms with van der Waals surface area (Å²) in [6.07, 6.45) is 1.17. The Labute approximate surface area is 99.0 Å². The number of rotatable bonds is 5. The fourth-order valence-electron chi connectivity index (χ4n) is 1.97. The van der Waals surface area contributed by atoms with Crippen LogP contribution in [0.4, 0.5) is 0 Å². The summed E-state index contributed by atoms with van der Waals surface area (Å²) in [6.45, 7) is 9.69. The predicted molar refractivity (Wildman–Crippen MR) is 69.2 cm³/mol. The van der Waals surface area contributed by atoms with Gasteiger partial charge >= 0.3 is 0 Å². The second-order valence-electron chi connectivity index (χ2n) is 4.35. The SMILES string of the molecule is CCCNC(C)c1cc(C)c(OC)cc1C. The third kappa shape index (κ3) is 2.99. The normalized spacial score (nSPS) is 12.6. The molecule has 1 atom stereocenters. The van der Waals surface area contributed by atoms with E-state index < -0.39 is 0 Å². The number of methoxy groups -OCH3 is 1. The van der Waals surface area contributed by atoms with Gasteiger partial charge in [-0.15, -0.1) is 0 Å². The first-order valence-corrected chi connectivity index (χ1v) is 5.98. The minimum absolute atomic E-state index is 0.407. The summed E-state index contributed by atoms with van der Waals surface area (Å²) in [4.78, 5) is 0. The smallest absolute Gasteiger partial charge is 0.122 e. The third-order valence-corrected chi connectivity index (χ3v) is 2.95. The van der Waals surface area contributed by atoms with Gasteiger partial charge in [-0.25, -0.2) is 0 Å². The molecule has 1 aromatic rings. The fourth-order valence-corrected chi connectivity index (χ4v) is 1.97. The van der Waals surface area contributed by atoms with Crippen LogP contribution in [0.15, 0.2) is 12.1 Å². The van der Waals surface area contributed by atoms with Crippen molar-refractivity contribution in [2.75, 3.05) is 13.7 Å². The number of benzene rings is 1. The molecule has 2 nitrogen and oxygen atoms in total. The van der Waals surface area contributed by atoms with E-state index in [2.05, 4.69) is 45.1 Å². The van der Waals surface area contributed by atoms with Crippen molar-refractivity contribution in [2.24, 2.45) is 0 Å². The summed E-state index contributed by atoms with van der Waals surface area (Å²) < 4.78 is 5.32. The molecule has 0 bridgehead atoms. The molecule has 0 fully saturated rings. The molecule has 0 saturated heterocycles. The lowest BCUT2D eigenvalue weighted by Gasteiger charge is -2.18. The summed E-state index contributed by atoms with van der Waals surface area (Å²) in [5.74, 6) is 0.976. The number of ether oxygens (including phenoxy) is 1. The van der Waals surface area contributed by atoms with Crippen molar-refractivity contribution in [3.8, 4) is 5.75 Å². The Balaban J connectivity index is 2.92. The molecule has 0 amide bonds. The Morgan fingerprint density at radius 1 is 1.25 bits per heavy atom. The Morgan fingerprint density at radius 2 is 1.94 bits per heavy atom.